The summed E-state index contributed by atoms with van der Waals surface area (Å²) in [6.45, 7) is 4.80. The van der Waals surface area contributed by atoms with E-state index in [0.717, 1.165) is 55.9 Å². The second-order valence-electron chi connectivity index (χ2n) is 6.99. The average Bonchev–Trinajstić information content (AvgIpc) is 3.21. The number of nitrogens with zero attached hydrogens (tertiary/aromatic N) is 3. The van der Waals surface area contributed by atoms with Crippen LogP contribution in [-0.2, 0) is 13.5 Å². The van der Waals surface area contributed by atoms with Crippen LogP contribution in [0.25, 0.3) is 0 Å². The van der Waals surface area contributed by atoms with Gasteiger partial charge < -0.3 is 14.6 Å². The van der Waals surface area contributed by atoms with E-state index < -0.39 is 0 Å². The molecular formula is C19H28N4O2. The fourth-order valence-corrected chi connectivity index (χ4v) is 3.54. The summed E-state index contributed by atoms with van der Waals surface area (Å²) in [6, 6.07) is 6.23. The van der Waals surface area contributed by atoms with Crippen LogP contribution in [0.2, 0.25) is 0 Å². The Hall–Kier alpha value is -2.24. The summed E-state index contributed by atoms with van der Waals surface area (Å²) in [6.07, 6.45) is 6.69. The Morgan fingerprint density at radius 1 is 1.40 bits per heavy atom. The molecule has 136 valence electrons. The molecule has 25 heavy (non-hydrogen) atoms. The van der Waals surface area contributed by atoms with E-state index in [-0.39, 0.29) is 18.1 Å². The molecule has 0 saturated carbocycles. The van der Waals surface area contributed by atoms with Gasteiger partial charge in [0.15, 0.2) is 0 Å². The zero-order valence-electron chi connectivity index (χ0n) is 15.4. The Labute approximate surface area is 149 Å². The molecular weight excluding hydrogens is 316 g/mol. The summed E-state index contributed by atoms with van der Waals surface area (Å²) in [4.78, 5) is 14.8. The molecule has 1 aliphatic rings. The second-order valence-corrected chi connectivity index (χ2v) is 6.99. The lowest BCUT2D eigenvalue weighted by atomic mass is 9.99. The highest BCUT2D eigenvalue weighted by atomic mass is 16.3. The van der Waals surface area contributed by atoms with Gasteiger partial charge in [0.05, 0.1) is 11.7 Å². The Morgan fingerprint density at radius 3 is 2.92 bits per heavy atom. The second kappa shape index (κ2) is 7.76. The highest BCUT2D eigenvalue weighted by molar-refractivity contribution is 5.75. The number of rotatable bonds is 5. The van der Waals surface area contributed by atoms with Crippen molar-refractivity contribution in [1.82, 2.24) is 20.0 Å². The fourth-order valence-electron chi connectivity index (χ4n) is 3.54. The van der Waals surface area contributed by atoms with Crippen LogP contribution < -0.4 is 5.32 Å². The van der Waals surface area contributed by atoms with Gasteiger partial charge in [0.25, 0.3) is 0 Å². The molecule has 3 rings (SSSR count). The normalized spacial score (nSPS) is 19.0. The number of carbonyl (C=O) groups is 1. The molecule has 6 nitrogen and oxygen atoms in total. The van der Waals surface area contributed by atoms with Gasteiger partial charge >= 0.3 is 6.03 Å². The number of likely N-dealkylation sites (tertiary alicyclic amines) is 1. The molecule has 1 aliphatic heterocycles. The molecule has 0 aromatic carbocycles. The highest BCUT2D eigenvalue weighted by Crippen LogP contribution is 2.30. The zero-order chi connectivity index (χ0) is 17.8. The minimum absolute atomic E-state index is 0.0222. The van der Waals surface area contributed by atoms with E-state index in [4.69, 9.17) is 4.42 Å². The van der Waals surface area contributed by atoms with Gasteiger partial charge in [0, 0.05) is 32.3 Å². The summed E-state index contributed by atoms with van der Waals surface area (Å²) < 4.78 is 7.48. The van der Waals surface area contributed by atoms with Gasteiger partial charge in [-0.05, 0) is 57.7 Å². The van der Waals surface area contributed by atoms with Crippen molar-refractivity contribution in [3.05, 3.63) is 41.6 Å². The van der Waals surface area contributed by atoms with Crippen LogP contribution in [-0.4, -0.2) is 33.3 Å². The number of hydrogen-bond acceptors (Lipinski definition) is 3. The molecule has 2 atom stereocenters. The van der Waals surface area contributed by atoms with Crippen LogP contribution in [0.4, 0.5) is 4.79 Å². The van der Waals surface area contributed by atoms with E-state index in [1.807, 2.05) is 41.8 Å². The monoisotopic (exact) mass is 344 g/mol. The van der Waals surface area contributed by atoms with E-state index in [1.54, 1.807) is 6.20 Å². The first-order chi connectivity index (χ1) is 12.0. The fraction of sp³-hybridized carbons (Fsp3) is 0.579. The van der Waals surface area contributed by atoms with Crippen molar-refractivity contribution in [2.45, 2.75) is 58.0 Å². The molecule has 0 aliphatic carbocycles. The number of aromatic nitrogens is 2. The number of amides is 2. The van der Waals surface area contributed by atoms with Crippen LogP contribution in [0.5, 0.6) is 0 Å². The van der Waals surface area contributed by atoms with Gasteiger partial charge in [-0.15, -0.1) is 0 Å². The van der Waals surface area contributed by atoms with Crippen LogP contribution in [0, 0.1) is 6.92 Å². The molecule has 2 amide bonds. The Balaban J connectivity index is 1.57. The third kappa shape index (κ3) is 4.24. The number of aryl methyl sites for hydroxylation is 3. The first kappa shape index (κ1) is 17.6. The van der Waals surface area contributed by atoms with Gasteiger partial charge in [-0.25, -0.2) is 4.79 Å². The van der Waals surface area contributed by atoms with Crippen molar-refractivity contribution in [1.29, 1.82) is 0 Å². The molecule has 1 saturated heterocycles. The molecule has 0 spiro atoms. The van der Waals surface area contributed by atoms with Gasteiger partial charge in [-0.2, -0.15) is 5.10 Å². The molecule has 0 bridgehead atoms. The Kier molecular flexibility index (Phi) is 5.46. The standard InChI is InChI=1S/C19H28N4O2/c1-14(7-9-16-10-8-15(2)25-16)21-19(24)23-13-5-4-6-18(23)17-11-12-20-22(17)3/h8,10-12,14,18H,4-7,9,13H2,1-3H3,(H,21,24)/t14-,18+/m0/s1. The molecule has 6 heteroatoms. The van der Waals surface area contributed by atoms with Crippen molar-refractivity contribution in [2.75, 3.05) is 6.54 Å². The van der Waals surface area contributed by atoms with Crippen LogP contribution in [0.1, 0.15) is 55.9 Å². The molecule has 3 heterocycles. The summed E-state index contributed by atoms with van der Waals surface area (Å²) in [5.41, 5.74) is 1.11. The predicted molar refractivity (Wildman–Crippen MR) is 96.3 cm³/mol. The van der Waals surface area contributed by atoms with Gasteiger partial charge in [-0.1, -0.05) is 0 Å². The first-order valence-corrected chi connectivity index (χ1v) is 9.15. The summed E-state index contributed by atoms with van der Waals surface area (Å²) >= 11 is 0. The minimum atomic E-state index is 0.0222. The van der Waals surface area contributed by atoms with Gasteiger partial charge in [-0.3, -0.25) is 4.68 Å². The summed E-state index contributed by atoms with van der Waals surface area (Å²) in [5.74, 6) is 1.91. The van der Waals surface area contributed by atoms with Crippen LogP contribution in [0.15, 0.2) is 28.8 Å². The first-order valence-electron chi connectivity index (χ1n) is 9.15. The lowest BCUT2D eigenvalue weighted by Crippen LogP contribution is -2.47. The molecule has 2 aromatic heterocycles. The van der Waals surface area contributed by atoms with Crippen LogP contribution >= 0.6 is 0 Å². The minimum Gasteiger partial charge on any atom is -0.466 e. The summed E-state index contributed by atoms with van der Waals surface area (Å²) in [5, 5.41) is 7.41. The molecule has 1 N–H and O–H groups in total. The number of furan rings is 1. The summed E-state index contributed by atoms with van der Waals surface area (Å²) in [7, 11) is 1.94. The average molecular weight is 344 g/mol. The number of hydrogen-bond donors (Lipinski definition) is 1. The van der Waals surface area contributed by atoms with Crippen molar-refractivity contribution >= 4 is 6.03 Å². The van der Waals surface area contributed by atoms with Gasteiger partial charge in [0.1, 0.15) is 11.5 Å². The topological polar surface area (TPSA) is 63.3 Å². The van der Waals surface area contributed by atoms with Crippen LogP contribution in [0.3, 0.4) is 0 Å². The lowest BCUT2D eigenvalue weighted by Gasteiger charge is -2.36. The lowest BCUT2D eigenvalue weighted by molar-refractivity contribution is 0.144. The number of nitrogens with one attached hydrogen (secondary N) is 1. The van der Waals surface area contributed by atoms with E-state index >= 15 is 0 Å². The smallest absolute Gasteiger partial charge is 0.318 e. The third-order valence-corrected chi connectivity index (χ3v) is 4.95. The van der Waals surface area contributed by atoms with Crippen molar-refractivity contribution in [3.8, 4) is 0 Å². The molecule has 0 radical (unpaired) electrons. The van der Waals surface area contributed by atoms with E-state index in [9.17, 15) is 4.79 Å². The SMILES string of the molecule is Cc1ccc(CC[C@H](C)NC(=O)N2CCCC[C@@H]2c2ccnn2C)o1. The number of urea groups is 1. The maximum absolute atomic E-state index is 12.8. The number of piperidine rings is 1. The number of carbonyl (C=O) groups excluding carboxylic acids is 1. The predicted octanol–water partition coefficient (Wildman–Crippen LogP) is 3.58. The van der Waals surface area contributed by atoms with Gasteiger partial charge in [0.2, 0.25) is 0 Å². The van der Waals surface area contributed by atoms with Crippen molar-refractivity contribution in [2.24, 2.45) is 7.05 Å². The molecule has 0 unspecified atom stereocenters. The van der Waals surface area contributed by atoms with Crippen molar-refractivity contribution in [3.63, 3.8) is 0 Å². The maximum atomic E-state index is 12.8. The van der Waals surface area contributed by atoms with Crippen molar-refractivity contribution < 1.29 is 9.21 Å². The zero-order valence-corrected chi connectivity index (χ0v) is 15.4. The van der Waals surface area contributed by atoms with E-state index in [1.165, 1.54) is 0 Å². The third-order valence-electron chi connectivity index (χ3n) is 4.95. The Bertz CT molecular complexity index is 706. The Morgan fingerprint density at radius 2 is 2.24 bits per heavy atom. The largest absolute Gasteiger partial charge is 0.466 e. The highest BCUT2D eigenvalue weighted by Gasteiger charge is 2.30. The molecule has 1 fully saturated rings. The van der Waals surface area contributed by atoms with E-state index in [0.29, 0.717) is 0 Å². The van der Waals surface area contributed by atoms with E-state index in [2.05, 4.69) is 17.3 Å². The molecule has 2 aromatic rings. The maximum Gasteiger partial charge on any atom is 0.318 e. The quantitative estimate of drug-likeness (QED) is 0.902.